The lowest BCUT2D eigenvalue weighted by Gasteiger charge is -2.37. The summed E-state index contributed by atoms with van der Waals surface area (Å²) in [5.74, 6) is 2.66. The van der Waals surface area contributed by atoms with Gasteiger partial charge in [-0.3, -0.25) is 4.90 Å². The number of halogens is 1. The topological polar surface area (TPSA) is 106 Å². The van der Waals surface area contributed by atoms with Gasteiger partial charge in [-0.05, 0) is 57.4 Å². The van der Waals surface area contributed by atoms with E-state index in [9.17, 15) is 4.79 Å². The first-order chi connectivity index (χ1) is 16.8. The van der Waals surface area contributed by atoms with Crippen molar-refractivity contribution in [2.45, 2.75) is 63.5 Å². The van der Waals surface area contributed by atoms with Crippen LogP contribution in [-0.4, -0.2) is 56.4 Å². The van der Waals surface area contributed by atoms with E-state index in [2.05, 4.69) is 10.2 Å². The number of nitrogens with zero attached hydrogens (tertiary/aromatic N) is 4. The Morgan fingerprint density at radius 3 is 2.37 bits per heavy atom. The number of ether oxygens (including phenoxy) is 2. The minimum atomic E-state index is -0.533. The maximum Gasteiger partial charge on any atom is 0.319 e. The molecule has 190 valence electrons. The fraction of sp³-hybridized carbons (Fsp3) is 0.560. The van der Waals surface area contributed by atoms with Gasteiger partial charge in [-0.1, -0.05) is 11.6 Å². The molecule has 3 N–H and O–H groups in total. The van der Waals surface area contributed by atoms with Gasteiger partial charge in [0.15, 0.2) is 0 Å². The highest BCUT2D eigenvalue weighted by atomic mass is 35.5. The number of methoxy groups -OCH3 is 2. The van der Waals surface area contributed by atoms with Crippen LogP contribution in [0.2, 0.25) is 5.02 Å². The van der Waals surface area contributed by atoms with Crippen LogP contribution in [0.4, 0.5) is 22.2 Å². The van der Waals surface area contributed by atoms with E-state index in [1.54, 1.807) is 24.1 Å². The molecule has 2 aliphatic rings. The lowest BCUT2D eigenvalue weighted by molar-refractivity contribution is 0.248. The molecule has 0 bridgehead atoms. The predicted molar refractivity (Wildman–Crippen MR) is 139 cm³/mol. The summed E-state index contributed by atoms with van der Waals surface area (Å²) in [4.78, 5) is 25.9. The van der Waals surface area contributed by atoms with E-state index in [1.165, 1.54) is 25.5 Å². The second-order valence-corrected chi connectivity index (χ2v) is 9.82. The molecular weight excluding hydrogens is 468 g/mol. The van der Waals surface area contributed by atoms with Gasteiger partial charge in [0.25, 0.3) is 0 Å². The molecule has 4 rings (SSSR count). The van der Waals surface area contributed by atoms with Crippen molar-refractivity contribution in [2.24, 2.45) is 5.73 Å². The second-order valence-electron chi connectivity index (χ2n) is 9.41. The Labute approximate surface area is 211 Å². The average Bonchev–Trinajstić information content (AvgIpc) is 2.84. The molecule has 0 spiro atoms. The molecule has 1 saturated carbocycles. The molecule has 1 aromatic heterocycles. The lowest BCUT2D eigenvalue weighted by atomic mass is 9.90. The maximum absolute atomic E-state index is 12.5. The van der Waals surface area contributed by atoms with Crippen molar-refractivity contribution in [3.05, 3.63) is 28.4 Å². The van der Waals surface area contributed by atoms with Gasteiger partial charge in [-0.2, -0.15) is 4.98 Å². The summed E-state index contributed by atoms with van der Waals surface area (Å²) >= 11 is 6.36. The fourth-order valence-corrected chi connectivity index (χ4v) is 5.43. The van der Waals surface area contributed by atoms with Crippen LogP contribution in [0.3, 0.4) is 0 Å². The Hall–Kier alpha value is -2.94. The molecule has 0 aliphatic heterocycles. The van der Waals surface area contributed by atoms with Gasteiger partial charge in [0.05, 0.1) is 30.6 Å². The molecule has 10 heteroatoms. The zero-order valence-corrected chi connectivity index (χ0v) is 21.7. The summed E-state index contributed by atoms with van der Waals surface area (Å²) in [5.41, 5.74) is 8.82. The van der Waals surface area contributed by atoms with Gasteiger partial charge >= 0.3 is 6.03 Å². The number of nitrogens with two attached hydrogens (primary N) is 1. The van der Waals surface area contributed by atoms with Crippen LogP contribution < -0.4 is 30.3 Å². The van der Waals surface area contributed by atoms with Crippen molar-refractivity contribution >= 4 is 35.1 Å². The number of fused-ring (bicyclic) bond motifs is 1. The number of urea groups is 1. The van der Waals surface area contributed by atoms with E-state index >= 15 is 0 Å². The van der Waals surface area contributed by atoms with Gasteiger partial charge in [-0.25, -0.2) is 9.78 Å². The number of carbonyl (C=O) groups excluding carboxylic acids is 1. The highest BCUT2D eigenvalue weighted by Crippen LogP contribution is 2.40. The van der Waals surface area contributed by atoms with Gasteiger partial charge in [0, 0.05) is 37.8 Å². The van der Waals surface area contributed by atoms with Crippen molar-refractivity contribution in [3.8, 4) is 11.5 Å². The third-order valence-corrected chi connectivity index (χ3v) is 7.23. The Morgan fingerprint density at radius 2 is 1.74 bits per heavy atom. The molecule has 2 aromatic rings. The largest absolute Gasteiger partial charge is 0.495 e. The number of aromatic nitrogens is 2. The first-order valence-corrected chi connectivity index (χ1v) is 12.5. The summed E-state index contributed by atoms with van der Waals surface area (Å²) in [6, 6.07) is 2.98. The number of benzene rings is 1. The summed E-state index contributed by atoms with van der Waals surface area (Å²) in [7, 11) is 7.15. The molecule has 1 aromatic carbocycles. The number of hydrogen-bond acceptors (Lipinski definition) is 7. The van der Waals surface area contributed by atoms with Crippen LogP contribution >= 0.6 is 11.6 Å². The zero-order chi connectivity index (χ0) is 25.1. The van der Waals surface area contributed by atoms with Crippen LogP contribution in [0.25, 0.3) is 0 Å². The highest BCUT2D eigenvalue weighted by molar-refractivity contribution is 6.32. The van der Waals surface area contributed by atoms with Crippen molar-refractivity contribution in [2.75, 3.05) is 43.4 Å². The standard InChI is InChI=1S/C25H35ClN6O3/c1-31(2)23-17-7-5-6-8-19(17)29-25(30-23)28-15-9-11-16(12-10-15)32(24(27)33)20-13-18(26)21(34-3)14-22(20)35-4/h13-16H,5-12H2,1-4H3,(H2,27,33)(H,28,29,30)/t15-,16+. The Kier molecular flexibility index (Phi) is 7.74. The van der Waals surface area contributed by atoms with Crippen molar-refractivity contribution in [1.82, 2.24) is 9.97 Å². The van der Waals surface area contributed by atoms with Crippen LogP contribution in [0.15, 0.2) is 12.1 Å². The van der Waals surface area contributed by atoms with E-state index in [-0.39, 0.29) is 12.1 Å². The molecule has 2 aliphatic carbocycles. The predicted octanol–water partition coefficient (Wildman–Crippen LogP) is 4.40. The third-order valence-electron chi connectivity index (χ3n) is 6.93. The Morgan fingerprint density at radius 1 is 1.06 bits per heavy atom. The number of nitrogens with one attached hydrogen (secondary N) is 1. The first-order valence-electron chi connectivity index (χ1n) is 12.2. The smallest absolute Gasteiger partial charge is 0.319 e. The van der Waals surface area contributed by atoms with Crippen molar-refractivity contribution in [1.29, 1.82) is 0 Å². The number of amides is 2. The second kappa shape index (κ2) is 10.8. The molecule has 0 radical (unpaired) electrons. The first kappa shape index (κ1) is 25.2. The SMILES string of the molecule is COc1cc(OC)c(N(C(N)=O)[C@H]2CC[C@@H](Nc3nc4c(c(N(C)C)n3)CCCC4)CC2)cc1Cl. The van der Waals surface area contributed by atoms with Gasteiger partial charge in [-0.15, -0.1) is 0 Å². The number of aryl methyl sites for hydroxylation is 1. The lowest BCUT2D eigenvalue weighted by Crippen LogP contribution is -2.47. The molecule has 0 unspecified atom stereocenters. The minimum absolute atomic E-state index is 0.0642. The molecule has 2 amide bonds. The van der Waals surface area contributed by atoms with E-state index in [1.807, 2.05) is 14.1 Å². The van der Waals surface area contributed by atoms with Gasteiger partial charge in [0.2, 0.25) is 5.95 Å². The Bertz CT molecular complexity index is 1070. The molecule has 1 fully saturated rings. The van der Waals surface area contributed by atoms with E-state index < -0.39 is 6.03 Å². The molecule has 35 heavy (non-hydrogen) atoms. The van der Waals surface area contributed by atoms with Crippen LogP contribution in [0.1, 0.15) is 49.8 Å². The Balaban J connectivity index is 1.49. The van der Waals surface area contributed by atoms with E-state index in [0.717, 1.165) is 50.0 Å². The van der Waals surface area contributed by atoms with Crippen molar-refractivity contribution < 1.29 is 14.3 Å². The molecular formula is C25H35ClN6O3. The number of primary amides is 1. The molecule has 0 atom stereocenters. The average molecular weight is 503 g/mol. The quantitative estimate of drug-likeness (QED) is 0.578. The highest BCUT2D eigenvalue weighted by Gasteiger charge is 2.32. The van der Waals surface area contributed by atoms with E-state index in [0.29, 0.717) is 28.2 Å². The normalized spacial score (nSPS) is 19.5. The summed E-state index contributed by atoms with van der Waals surface area (Å²) in [6.45, 7) is 0. The molecule has 1 heterocycles. The third kappa shape index (κ3) is 5.34. The number of anilines is 3. The molecule has 9 nitrogen and oxygen atoms in total. The summed E-state index contributed by atoms with van der Waals surface area (Å²) in [6.07, 6.45) is 7.67. The zero-order valence-electron chi connectivity index (χ0n) is 20.9. The maximum atomic E-state index is 12.5. The number of carbonyl (C=O) groups is 1. The number of rotatable bonds is 7. The van der Waals surface area contributed by atoms with E-state index in [4.69, 9.17) is 36.8 Å². The summed E-state index contributed by atoms with van der Waals surface area (Å²) < 4.78 is 10.8. The van der Waals surface area contributed by atoms with Gasteiger partial charge in [0.1, 0.15) is 17.3 Å². The van der Waals surface area contributed by atoms with Gasteiger partial charge < -0.3 is 25.4 Å². The number of hydrogen-bond donors (Lipinski definition) is 2. The monoisotopic (exact) mass is 502 g/mol. The van der Waals surface area contributed by atoms with Crippen molar-refractivity contribution in [3.63, 3.8) is 0 Å². The molecule has 0 saturated heterocycles. The summed E-state index contributed by atoms with van der Waals surface area (Å²) in [5, 5.41) is 3.95. The minimum Gasteiger partial charge on any atom is -0.495 e. The van der Waals surface area contributed by atoms with Crippen LogP contribution in [-0.2, 0) is 12.8 Å². The van der Waals surface area contributed by atoms with Crippen LogP contribution in [0.5, 0.6) is 11.5 Å². The van der Waals surface area contributed by atoms with Crippen LogP contribution in [0, 0.1) is 0 Å². The fourth-order valence-electron chi connectivity index (χ4n) is 5.20.